The second kappa shape index (κ2) is 5.97. The van der Waals surface area contributed by atoms with E-state index < -0.39 is 0 Å². The summed E-state index contributed by atoms with van der Waals surface area (Å²) in [7, 11) is 0. The van der Waals surface area contributed by atoms with Crippen molar-refractivity contribution in [2.45, 2.75) is 38.8 Å². The van der Waals surface area contributed by atoms with Crippen molar-refractivity contribution in [3.8, 4) is 0 Å². The Morgan fingerprint density at radius 2 is 2.25 bits per heavy atom. The van der Waals surface area contributed by atoms with Crippen LogP contribution < -0.4 is 10.6 Å². The minimum Gasteiger partial charge on any atom is -0.314 e. The first kappa shape index (κ1) is 11.6. The first-order valence-corrected chi connectivity index (χ1v) is 6.21. The molecule has 0 amide bonds. The van der Waals surface area contributed by atoms with Gasteiger partial charge in [0.2, 0.25) is 0 Å². The van der Waals surface area contributed by atoms with Crippen molar-refractivity contribution in [3.63, 3.8) is 0 Å². The molecule has 0 atom stereocenters. The van der Waals surface area contributed by atoms with Crippen molar-refractivity contribution < 1.29 is 0 Å². The third-order valence-electron chi connectivity index (χ3n) is 2.97. The van der Waals surface area contributed by atoms with Gasteiger partial charge in [-0.3, -0.25) is 4.98 Å². The molecule has 0 radical (unpaired) electrons. The van der Waals surface area contributed by atoms with E-state index in [0.29, 0.717) is 0 Å². The zero-order valence-electron chi connectivity index (χ0n) is 10.00. The average molecular weight is 219 g/mol. The smallest absolute Gasteiger partial charge is 0.0417 e. The Bertz CT molecular complexity index is 321. The highest BCUT2D eigenvalue weighted by atomic mass is 14.9. The first-order chi connectivity index (χ1) is 7.86. The molecule has 1 aliphatic rings. The molecule has 2 N–H and O–H groups in total. The van der Waals surface area contributed by atoms with Gasteiger partial charge in [0.05, 0.1) is 0 Å². The highest BCUT2D eigenvalue weighted by molar-refractivity contribution is 5.17. The van der Waals surface area contributed by atoms with Gasteiger partial charge in [0, 0.05) is 24.5 Å². The van der Waals surface area contributed by atoms with Gasteiger partial charge in [-0.25, -0.2) is 0 Å². The molecule has 1 aliphatic carbocycles. The molecule has 1 fully saturated rings. The molecule has 3 nitrogen and oxygen atoms in total. The van der Waals surface area contributed by atoms with E-state index in [4.69, 9.17) is 0 Å². The van der Waals surface area contributed by atoms with Crippen molar-refractivity contribution >= 4 is 0 Å². The minimum atomic E-state index is 0.834. The normalized spacial score (nSPS) is 15.3. The number of aromatic nitrogens is 1. The molecule has 2 rings (SSSR count). The van der Waals surface area contributed by atoms with Gasteiger partial charge in [0.15, 0.2) is 0 Å². The van der Waals surface area contributed by atoms with E-state index in [0.717, 1.165) is 31.4 Å². The topological polar surface area (TPSA) is 37.0 Å². The minimum absolute atomic E-state index is 0.834. The molecule has 3 heteroatoms. The van der Waals surface area contributed by atoms with Crippen molar-refractivity contribution in [1.29, 1.82) is 0 Å². The maximum atomic E-state index is 4.27. The molecular weight excluding hydrogens is 198 g/mol. The van der Waals surface area contributed by atoms with Gasteiger partial charge in [-0.05, 0) is 50.9 Å². The van der Waals surface area contributed by atoms with Gasteiger partial charge in [0.1, 0.15) is 0 Å². The molecule has 0 unspecified atom stereocenters. The predicted octanol–water partition coefficient (Wildman–Crippen LogP) is 1.62. The summed E-state index contributed by atoms with van der Waals surface area (Å²) >= 11 is 0. The van der Waals surface area contributed by atoms with Gasteiger partial charge in [0.25, 0.3) is 0 Å². The fourth-order valence-electron chi connectivity index (χ4n) is 1.73. The van der Waals surface area contributed by atoms with Crippen LogP contribution >= 0.6 is 0 Å². The summed E-state index contributed by atoms with van der Waals surface area (Å²) in [5.41, 5.74) is 2.43. The third-order valence-corrected chi connectivity index (χ3v) is 2.97. The van der Waals surface area contributed by atoms with Crippen LogP contribution in [0, 0.1) is 6.92 Å². The third kappa shape index (κ3) is 3.91. The largest absolute Gasteiger partial charge is 0.314 e. The number of hydrogen-bond donors (Lipinski definition) is 2. The standard InChI is InChI=1S/C13H21N3/c1-11-12(4-2-8-15-11)10-14-7-3-9-16-13-5-6-13/h2,4,8,13-14,16H,3,5-7,9-10H2,1H3. The molecule has 0 aromatic carbocycles. The van der Waals surface area contributed by atoms with Crippen LogP contribution in [0.2, 0.25) is 0 Å². The van der Waals surface area contributed by atoms with E-state index in [-0.39, 0.29) is 0 Å². The maximum absolute atomic E-state index is 4.27. The summed E-state index contributed by atoms with van der Waals surface area (Å²) in [6.07, 6.45) is 5.80. The highest BCUT2D eigenvalue weighted by Gasteiger charge is 2.19. The number of nitrogens with zero attached hydrogens (tertiary/aromatic N) is 1. The van der Waals surface area contributed by atoms with Crippen LogP contribution in [0.1, 0.15) is 30.5 Å². The van der Waals surface area contributed by atoms with Crippen molar-refractivity contribution in [2.75, 3.05) is 13.1 Å². The number of aryl methyl sites for hydroxylation is 1. The van der Waals surface area contributed by atoms with Crippen LogP contribution in [0.5, 0.6) is 0 Å². The monoisotopic (exact) mass is 219 g/mol. The summed E-state index contributed by atoms with van der Waals surface area (Å²) < 4.78 is 0. The zero-order valence-corrected chi connectivity index (χ0v) is 10.00. The molecule has 0 aliphatic heterocycles. The van der Waals surface area contributed by atoms with Crippen LogP contribution in [0.25, 0.3) is 0 Å². The molecule has 0 bridgehead atoms. The molecule has 16 heavy (non-hydrogen) atoms. The summed E-state index contributed by atoms with van der Waals surface area (Å²) in [6.45, 7) is 5.21. The van der Waals surface area contributed by atoms with Crippen molar-refractivity contribution in [3.05, 3.63) is 29.6 Å². The van der Waals surface area contributed by atoms with E-state index in [9.17, 15) is 0 Å². The van der Waals surface area contributed by atoms with Crippen LogP contribution in [-0.4, -0.2) is 24.1 Å². The van der Waals surface area contributed by atoms with E-state index in [1.54, 1.807) is 0 Å². The number of pyridine rings is 1. The molecule has 0 saturated heterocycles. The van der Waals surface area contributed by atoms with Crippen LogP contribution in [0.3, 0.4) is 0 Å². The fraction of sp³-hybridized carbons (Fsp3) is 0.615. The van der Waals surface area contributed by atoms with Crippen LogP contribution in [-0.2, 0) is 6.54 Å². The van der Waals surface area contributed by atoms with Gasteiger partial charge < -0.3 is 10.6 Å². The lowest BCUT2D eigenvalue weighted by atomic mass is 10.2. The second-order valence-electron chi connectivity index (χ2n) is 4.51. The van der Waals surface area contributed by atoms with Crippen LogP contribution in [0.4, 0.5) is 0 Å². The Labute approximate surface area is 97.7 Å². The molecule has 1 heterocycles. The molecule has 1 saturated carbocycles. The van der Waals surface area contributed by atoms with E-state index in [1.165, 1.54) is 24.8 Å². The lowest BCUT2D eigenvalue weighted by Gasteiger charge is -2.07. The fourth-order valence-corrected chi connectivity index (χ4v) is 1.73. The molecule has 1 aromatic rings. The van der Waals surface area contributed by atoms with E-state index in [2.05, 4.69) is 28.6 Å². The number of nitrogens with one attached hydrogen (secondary N) is 2. The lowest BCUT2D eigenvalue weighted by Crippen LogP contribution is -2.23. The summed E-state index contributed by atoms with van der Waals surface area (Å²) in [5, 5.41) is 6.97. The quantitative estimate of drug-likeness (QED) is 0.684. The molecular formula is C13H21N3. The van der Waals surface area contributed by atoms with E-state index in [1.807, 2.05) is 12.3 Å². The van der Waals surface area contributed by atoms with Gasteiger partial charge in [-0.15, -0.1) is 0 Å². The summed E-state index contributed by atoms with van der Waals surface area (Å²) in [5.74, 6) is 0. The van der Waals surface area contributed by atoms with Gasteiger partial charge >= 0.3 is 0 Å². The molecule has 88 valence electrons. The summed E-state index contributed by atoms with van der Waals surface area (Å²) in [6, 6.07) is 4.97. The van der Waals surface area contributed by atoms with Crippen molar-refractivity contribution in [2.24, 2.45) is 0 Å². The van der Waals surface area contributed by atoms with Crippen molar-refractivity contribution in [1.82, 2.24) is 15.6 Å². The highest BCUT2D eigenvalue weighted by Crippen LogP contribution is 2.18. The zero-order chi connectivity index (χ0) is 11.2. The first-order valence-electron chi connectivity index (χ1n) is 6.21. The Balaban J connectivity index is 1.55. The predicted molar refractivity (Wildman–Crippen MR) is 66.3 cm³/mol. The number of rotatable bonds is 7. The van der Waals surface area contributed by atoms with Gasteiger partial charge in [-0.2, -0.15) is 0 Å². The lowest BCUT2D eigenvalue weighted by molar-refractivity contribution is 0.592. The van der Waals surface area contributed by atoms with Gasteiger partial charge in [-0.1, -0.05) is 6.07 Å². The maximum Gasteiger partial charge on any atom is 0.0417 e. The van der Waals surface area contributed by atoms with E-state index >= 15 is 0 Å². The summed E-state index contributed by atoms with van der Waals surface area (Å²) in [4.78, 5) is 4.27. The second-order valence-corrected chi connectivity index (χ2v) is 4.51. The number of hydrogen-bond acceptors (Lipinski definition) is 3. The van der Waals surface area contributed by atoms with Crippen LogP contribution in [0.15, 0.2) is 18.3 Å². The Kier molecular flexibility index (Phi) is 4.31. The Morgan fingerprint density at radius 3 is 3.00 bits per heavy atom. The molecule has 0 spiro atoms. The Hall–Kier alpha value is -0.930. The SMILES string of the molecule is Cc1ncccc1CNCCCNC1CC1. The Morgan fingerprint density at radius 1 is 1.38 bits per heavy atom. The molecule has 1 aromatic heterocycles. The average Bonchev–Trinajstić information content (AvgIpc) is 3.09.